The van der Waals surface area contributed by atoms with Gasteiger partial charge in [0.25, 0.3) is 0 Å². The second kappa shape index (κ2) is 8.95. The Bertz CT molecular complexity index is 1350. The van der Waals surface area contributed by atoms with Crippen LogP contribution in [0.15, 0.2) is 48.5 Å². The topological polar surface area (TPSA) is 23.4 Å². The number of rotatable bonds is 3. The first-order valence-electron chi connectivity index (χ1n) is 13.4. The van der Waals surface area contributed by atoms with Gasteiger partial charge in [-0.2, -0.15) is 0 Å². The molecule has 0 bridgehead atoms. The zero-order valence-electron chi connectivity index (χ0n) is 23.3. The number of benzene rings is 3. The number of nitrogens with zero attached hydrogens (tertiary/aromatic N) is 1. The van der Waals surface area contributed by atoms with Gasteiger partial charge in [0.1, 0.15) is 5.75 Å². The highest BCUT2D eigenvalue weighted by Crippen LogP contribution is 2.41. The van der Waals surface area contributed by atoms with E-state index < -0.39 is 0 Å². The van der Waals surface area contributed by atoms with Crippen molar-refractivity contribution in [3.05, 3.63) is 70.8 Å². The Morgan fingerprint density at radius 2 is 1.36 bits per heavy atom. The fraction of sp³-hybridized carbons (Fsp3) is 0.455. The van der Waals surface area contributed by atoms with Crippen molar-refractivity contribution in [3.8, 4) is 11.4 Å². The van der Waals surface area contributed by atoms with Crippen molar-refractivity contribution in [1.82, 2.24) is 4.57 Å². The van der Waals surface area contributed by atoms with E-state index in [4.69, 9.17) is 9.47 Å². The molecule has 1 aliphatic heterocycles. The maximum atomic E-state index is 6.61. The SMILES string of the molecule is Cc1cc(C)c(OC2CCCCO2)c(-n2c3ccc(C(C)(C)C)cc3c3cc(C(C)(C)C)ccc32)c1. The normalized spacial score (nSPS) is 17.2. The van der Waals surface area contributed by atoms with Gasteiger partial charge in [-0.3, -0.25) is 0 Å². The van der Waals surface area contributed by atoms with Gasteiger partial charge in [-0.05, 0) is 90.1 Å². The lowest BCUT2D eigenvalue weighted by Gasteiger charge is -2.26. The summed E-state index contributed by atoms with van der Waals surface area (Å²) in [5, 5.41) is 2.59. The molecule has 0 aliphatic carbocycles. The van der Waals surface area contributed by atoms with Crippen LogP contribution in [0.1, 0.15) is 83.1 Å². The predicted molar refractivity (Wildman–Crippen MR) is 152 cm³/mol. The molecule has 5 rings (SSSR count). The lowest BCUT2D eigenvalue weighted by Crippen LogP contribution is -2.26. The summed E-state index contributed by atoms with van der Waals surface area (Å²) >= 11 is 0. The monoisotopic (exact) mass is 483 g/mol. The Balaban J connectivity index is 1.81. The Hall–Kier alpha value is -2.78. The summed E-state index contributed by atoms with van der Waals surface area (Å²) in [6.07, 6.45) is 3.00. The quantitative estimate of drug-likeness (QED) is 0.290. The molecule has 1 aromatic heterocycles. The second-order valence-corrected chi connectivity index (χ2v) is 12.6. The smallest absolute Gasteiger partial charge is 0.199 e. The Morgan fingerprint density at radius 3 is 1.86 bits per heavy atom. The van der Waals surface area contributed by atoms with E-state index in [-0.39, 0.29) is 17.1 Å². The summed E-state index contributed by atoms with van der Waals surface area (Å²) in [5.41, 5.74) is 8.75. The highest BCUT2D eigenvalue weighted by atomic mass is 16.7. The molecule has 1 atom stereocenters. The molecule has 0 amide bonds. The summed E-state index contributed by atoms with van der Waals surface area (Å²) in [6.45, 7) is 18.8. The maximum absolute atomic E-state index is 6.61. The maximum Gasteiger partial charge on any atom is 0.199 e. The third kappa shape index (κ3) is 4.54. The van der Waals surface area contributed by atoms with E-state index >= 15 is 0 Å². The molecule has 0 N–H and O–H groups in total. The van der Waals surface area contributed by atoms with Crippen molar-refractivity contribution in [3.63, 3.8) is 0 Å². The molecule has 0 radical (unpaired) electrons. The van der Waals surface area contributed by atoms with Crippen molar-refractivity contribution in [2.24, 2.45) is 0 Å². The van der Waals surface area contributed by atoms with Crippen LogP contribution in [0.25, 0.3) is 27.5 Å². The third-order valence-corrected chi connectivity index (χ3v) is 7.52. The fourth-order valence-electron chi connectivity index (χ4n) is 5.40. The third-order valence-electron chi connectivity index (χ3n) is 7.52. The summed E-state index contributed by atoms with van der Waals surface area (Å²) in [6, 6.07) is 18.4. The molecule has 3 heteroatoms. The van der Waals surface area contributed by atoms with Crippen molar-refractivity contribution in [1.29, 1.82) is 0 Å². The van der Waals surface area contributed by atoms with Gasteiger partial charge in [-0.25, -0.2) is 0 Å². The van der Waals surface area contributed by atoms with Gasteiger partial charge in [0.15, 0.2) is 6.29 Å². The van der Waals surface area contributed by atoms with Crippen LogP contribution < -0.4 is 4.74 Å². The van der Waals surface area contributed by atoms with Gasteiger partial charge < -0.3 is 14.0 Å². The highest BCUT2D eigenvalue weighted by Gasteiger charge is 2.24. The van der Waals surface area contributed by atoms with E-state index in [1.807, 2.05) is 0 Å². The molecule has 1 fully saturated rings. The van der Waals surface area contributed by atoms with Crippen LogP contribution in [-0.4, -0.2) is 17.5 Å². The van der Waals surface area contributed by atoms with Crippen LogP contribution in [-0.2, 0) is 15.6 Å². The van der Waals surface area contributed by atoms with Crippen molar-refractivity contribution in [2.75, 3.05) is 6.61 Å². The van der Waals surface area contributed by atoms with E-state index in [1.165, 1.54) is 38.5 Å². The molecule has 1 unspecified atom stereocenters. The Kier molecular flexibility index (Phi) is 6.19. The minimum absolute atomic E-state index is 0.0801. The number of aryl methyl sites for hydroxylation is 2. The number of fused-ring (bicyclic) bond motifs is 3. The lowest BCUT2D eigenvalue weighted by atomic mass is 9.85. The minimum atomic E-state index is -0.188. The zero-order chi connectivity index (χ0) is 25.8. The Labute approximate surface area is 216 Å². The van der Waals surface area contributed by atoms with Gasteiger partial charge >= 0.3 is 0 Å². The average molecular weight is 484 g/mol. The molecule has 0 spiro atoms. The molecular weight excluding hydrogens is 442 g/mol. The number of hydrogen-bond donors (Lipinski definition) is 0. The van der Waals surface area contributed by atoms with Crippen LogP contribution in [0, 0.1) is 13.8 Å². The van der Waals surface area contributed by atoms with E-state index in [0.717, 1.165) is 42.9 Å². The molecule has 190 valence electrons. The summed E-state index contributed by atoms with van der Waals surface area (Å²) < 4.78 is 15.0. The first-order chi connectivity index (χ1) is 16.9. The molecule has 1 saturated heterocycles. The summed E-state index contributed by atoms with van der Waals surface area (Å²) in [5.74, 6) is 0.922. The van der Waals surface area contributed by atoms with E-state index in [0.29, 0.717) is 0 Å². The van der Waals surface area contributed by atoms with Crippen LogP contribution in [0.2, 0.25) is 0 Å². The summed E-state index contributed by atoms with van der Waals surface area (Å²) in [7, 11) is 0. The van der Waals surface area contributed by atoms with Crippen molar-refractivity contribution in [2.45, 2.75) is 91.8 Å². The Morgan fingerprint density at radius 1 is 0.778 bits per heavy atom. The standard InChI is InChI=1S/C33H41NO2/c1-21-17-22(2)31(36-30-11-9-10-16-35-30)29(18-21)34-27-14-12-23(32(3,4)5)19-25(27)26-20-24(33(6,7)8)13-15-28(26)34/h12-15,17-20,30H,9-11,16H2,1-8H3. The van der Waals surface area contributed by atoms with Crippen molar-refractivity contribution < 1.29 is 9.47 Å². The van der Waals surface area contributed by atoms with E-state index in [9.17, 15) is 0 Å². The van der Waals surface area contributed by atoms with Gasteiger partial charge in [-0.1, -0.05) is 59.7 Å². The van der Waals surface area contributed by atoms with Gasteiger partial charge in [0.2, 0.25) is 0 Å². The van der Waals surface area contributed by atoms with E-state index in [2.05, 4.69) is 108 Å². The number of hydrogen-bond acceptors (Lipinski definition) is 2. The van der Waals surface area contributed by atoms with Crippen LogP contribution in [0.4, 0.5) is 0 Å². The van der Waals surface area contributed by atoms with E-state index in [1.54, 1.807) is 0 Å². The lowest BCUT2D eigenvalue weighted by molar-refractivity contribution is -0.106. The predicted octanol–water partition coefficient (Wildman–Crippen LogP) is 8.90. The molecule has 2 heterocycles. The van der Waals surface area contributed by atoms with Gasteiger partial charge in [0.05, 0.1) is 23.3 Å². The first-order valence-corrected chi connectivity index (χ1v) is 13.4. The average Bonchev–Trinajstić information content (AvgIpc) is 3.13. The molecule has 3 nitrogen and oxygen atoms in total. The van der Waals surface area contributed by atoms with Crippen LogP contribution >= 0.6 is 0 Å². The minimum Gasteiger partial charge on any atom is -0.462 e. The first kappa shape index (κ1) is 24.9. The van der Waals surface area contributed by atoms with Crippen LogP contribution in [0.5, 0.6) is 5.75 Å². The van der Waals surface area contributed by atoms with Gasteiger partial charge in [-0.15, -0.1) is 0 Å². The van der Waals surface area contributed by atoms with Crippen LogP contribution in [0.3, 0.4) is 0 Å². The largest absolute Gasteiger partial charge is 0.462 e. The molecule has 1 aliphatic rings. The highest BCUT2D eigenvalue weighted by molar-refractivity contribution is 6.10. The van der Waals surface area contributed by atoms with Gasteiger partial charge in [0, 0.05) is 17.2 Å². The molecule has 4 aromatic rings. The van der Waals surface area contributed by atoms with Crippen molar-refractivity contribution >= 4 is 21.8 Å². The molecular formula is C33H41NO2. The number of ether oxygens (including phenoxy) is 2. The second-order valence-electron chi connectivity index (χ2n) is 12.6. The fourth-order valence-corrected chi connectivity index (χ4v) is 5.40. The molecule has 36 heavy (non-hydrogen) atoms. The summed E-state index contributed by atoms with van der Waals surface area (Å²) in [4.78, 5) is 0. The number of aromatic nitrogens is 1. The molecule has 3 aromatic carbocycles. The molecule has 0 saturated carbocycles. The zero-order valence-corrected chi connectivity index (χ0v) is 23.3.